The molecule has 2 aromatic carbocycles. The first-order valence-corrected chi connectivity index (χ1v) is 10.8. The number of nitrogens with zero attached hydrogens (tertiary/aromatic N) is 1. The van der Waals surface area contributed by atoms with Gasteiger partial charge in [-0.1, -0.05) is 29.8 Å². The summed E-state index contributed by atoms with van der Waals surface area (Å²) in [7, 11) is -3.79. The Hall–Kier alpha value is -2.46. The number of carbonyl (C=O) groups excluding carboxylic acids is 1. The Morgan fingerprint density at radius 3 is 2.50 bits per heavy atom. The van der Waals surface area contributed by atoms with Crippen molar-refractivity contribution in [3.8, 4) is 0 Å². The van der Waals surface area contributed by atoms with Crippen LogP contribution in [0.5, 0.6) is 0 Å². The number of anilines is 1. The van der Waals surface area contributed by atoms with Gasteiger partial charge in [0.15, 0.2) is 5.13 Å². The Kier molecular flexibility index (Phi) is 6.30. The van der Waals surface area contributed by atoms with E-state index in [-0.39, 0.29) is 22.2 Å². The van der Waals surface area contributed by atoms with E-state index in [2.05, 4.69) is 15.0 Å². The van der Waals surface area contributed by atoms with E-state index in [1.54, 1.807) is 29.6 Å². The highest BCUT2D eigenvalue weighted by Gasteiger charge is 2.19. The smallest absolute Gasteiger partial charge is 0.263 e. The fourth-order valence-corrected chi connectivity index (χ4v) is 4.51. The van der Waals surface area contributed by atoms with E-state index < -0.39 is 22.0 Å². The molecule has 1 atom stereocenters. The molecule has 0 saturated carbocycles. The second-order valence-corrected chi connectivity index (χ2v) is 8.68. The van der Waals surface area contributed by atoms with Gasteiger partial charge in [0.25, 0.3) is 15.9 Å². The number of rotatable bonds is 7. The molecule has 3 N–H and O–H groups in total. The number of thiazole rings is 1. The molecule has 7 nitrogen and oxygen atoms in total. The standard InChI is InChI=1S/C18H16ClN3O4S2/c19-15-4-2-1-3-14(15)16(11-23)21-17(24)12-5-7-13(8-6-12)28(25,26)22-18-20-9-10-27-18/h1-10,16,23H,11H2,(H,20,22)(H,21,24). The van der Waals surface area contributed by atoms with Gasteiger partial charge in [-0.2, -0.15) is 0 Å². The third-order valence-corrected chi connectivity index (χ3v) is 6.37. The molecule has 0 radical (unpaired) electrons. The highest BCUT2D eigenvalue weighted by molar-refractivity contribution is 7.93. The van der Waals surface area contributed by atoms with Gasteiger partial charge in [-0.15, -0.1) is 11.3 Å². The molecule has 0 saturated heterocycles. The number of hydrogen-bond donors (Lipinski definition) is 3. The van der Waals surface area contributed by atoms with Crippen LogP contribution >= 0.6 is 22.9 Å². The monoisotopic (exact) mass is 437 g/mol. The summed E-state index contributed by atoms with van der Waals surface area (Å²) in [5.41, 5.74) is 0.838. The van der Waals surface area contributed by atoms with E-state index in [0.717, 1.165) is 11.3 Å². The lowest BCUT2D eigenvalue weighted by Crippen LogP contribution is -2.31. The van der Waals surface area contributed by atoms with Crippen molar-refractivity contribution in [3.63, 3.8) is 0 Å². The molecule has 1 aromatic heterocycles. The maximum absolute atomic E-state index is 12.5. The predicted molar refractivity (Wildman–Crippen MR) is 108 cm³/mol. The molecular weight excluding hydrogens is 422 g/mol. The Labute approximate surface area is 171 Å². The number of aliphatic hydroxyl groups excluding tert-OH is 1. The van der Waals surface area contributed by atoms with Crippen molar-refractivity contribution in [3.05, 3.63) is 76.3 Å². The number of nitrogens with one attached hydrogen (secondary N) is 2. The van der Waals surface area contributed by atoms with E-state index in [4.69, 9.17) is 11.6 Å². The average molecular weight is 438 g/mol. The summed E-state index contributed by atoms with van der Waals surface area (Å²) in [4.78, 5) is 16.4. The number of aromatic nitrogens is 1. The summed E-state index contributed by atoms with van der Waals surface area (Å²) in [5.74, 6) is -0.462. The maximum atomic E-state index is 12.5. The van der Waals surface area contributed by atoms with Crippen LogP contribution in [0.4, 0.5) is 5.13 Å². The van der Waals surface area contributed by atoms with Crippen LogP contribution in [0.3, 0.4) is 0 Å². The van der Waals surface area contributed by atoms with E-state index in [0.29, 0.717) is 10.6 Å². The fraction of sp³-hybridized carbons (Fsp3) is 0.111. The van der Waals surface area contributed by atoms with Crippen LogP contribution < -0.4 is 10.0 Å². The molecule has 0 fully saturated rings. The molecule has 1 amide bonds. The first-order chi connectivity index (χ1) is 13.4. The molecule has 10 heteroatoms. The van der Waals surface area contributed by atoms with Crippen molar-refractivity contribution in [2.24, 2.45) is 0 Å². The second kappa shape index (κ2) is 8.70. The largest absolute Gasteiger partial charge is 0.394 e. The fourth-order valence-electron chi connectivity index (χ4n) is 2.45. The van der Waals surface area contributed by atoms with E-state index in [1.807, 2.05) is 0 Å². The van der Waals surface area contributed by atoms with E-state index in [1.165, 1.54) is 30.5 Å². The maximum Gasteiger partial charge on any atom is 0.263 e. The normalized spacial score (nSPS) is 12.4. The number of aliphatic hydroxyl groups is 1. The van der Waals surface area contributed by atoms with Gasteiger partial charge >= 0.3 is 0 Å². The van der Waals surface area contributed by atoms with Gasteiger partial charge in [0.1, 0.15) is 0 Å². The van der Waals surface area contributed by atoms with Crippen molar-refractivity contribution >= 4 is 44.0 Å². The first-order valence-electron chi connectivity index (χ1n) is 8.09. The number of hydrogen-bond acceptors (Lipinski definition) is 6. The highest BCUT2D eigenvalue weighted by Crippen LogP contribution is 2.23. The molecule has 0 aliphatic heterocycles. The number of carbonyl (C=O) groups is 1. The highest BCUT2D eigenvalue weighted by atomic mass is 35.5. The molecule has 146 valence electrons. The summed E-state index contributed by atoms with van der Waals surface area (Å²) in [6, 6.07) is 11.6. The molecule has 1 heterocycles. The number of amides is 1. The summed E-state index contributed by atoms with van der Waals surface area (Å²) in [6.07, 6.45) is 1.49. The van der Waals surface area contributed by atoms with Crippen LogP contribution in [-0.4, -0.2) is 31.0 Å². The molecule has 3 aromatic rings. The molecule has 0 spiro atoms. The molecule has 0 aliphatic rings. The first kappa shape index (κ1) is 20.3. The lowest BCUT2D eigenvalue weighted by atomic mass is 10.1. The Morgan fingerprint density at radius 2 is 1.89 bits per heavy atom. The Bertz CT molecular complexity index is 1050. The molecule has 0 aliphatic carbocycles. The van der Waals surface area contributed by atoms with E-state index >= 15 is 0 Å². The summed E-state index contributed by atoms with van der Waals surface area (Å²) >= 11 is 7.28. The lowest BCUT2D eigenvalue weighted by Gasteiger charge is -2.18. The number of benzene rings is 2. The van der Waals surface area contributed by atoms with Gasteiger partial charge < -0.3 is 10.4 Å². The van der Waals surface area contributed by atoms with Crippen LogP contribution in [0.2, 0.25) is 5.02 Å². The third kappa shape index (κ3) is 4.68. The molecular formula is C18H16ClN3O4S2. The van der Waals surface area contributed by atoms with Gasteiger partial charge in [0.2, 0.25) is 0 Å². The minimum Gasteiger partial charge on any atom is -0.394 e. The van der Waals surface area contributed by atoms with Gasteiger partial charge in [0.05, 0.1) is 17.5 Å². The van der Waals surface area contributed by atoms with Crippen LogP contribution in [-0.2, 0) is 10.0 Å². The quantitative estimate of drug-likeness (QED) is 0.526. The van der Waals surface area contributed by atoms with E-state index in [9.17, 15) is 18.3 Å². The summed E-state index contributed by atoms with van der Waals surface area (Å²) in [6.45, 7) is -0.334. The minimum absolute atomic E-state index is 0.00376. The number of halogens is 1. The summed E-state index contributed by atoms with van der Waals surface area (Å²) < 4.78 is 27.0. The SMILES string of the molecule is O=C(NC(CO)c1ccccc1Cl)c1ccc(S(=O)(=O)Nc2nccs2)cc1. The second-order valence-electron chi connectivity index (χ2n) is 5.70. The Morgan fingerprint density at radius 1 is 1.18 bits per heavy atom. The van der Waals surface area contributed by atoms with Crippen molar-refractivity contribution < 1.29 is 18.3 Å². The van der Waals surface area contributed by atoms with Crippen LogP contribution in [0.15, 0.2) is 65.0 Å². The third-order valence-electron chi connectivity index (χ3n) is 3.85. The Balaban J connectivity index is 1.74. The summed E-state index contributed by atoms with van der Waals surface area (Å²) in [5, 5.41) is 14.6. The molecule has 3 rings (SSSR count). The molecule has 0 bridgehead atoms. The zero-order chi connectivity index (χ0) is 20.1. The zero-order valence-electron chi connectivity index (χ0n) is 14.4. The van der Waals surface area contributed by atoms with Crippen molar-refractivity contribution in [1.82, 2.24) is 10.3 Å². The van der Waals surface area contributed by atoms with Crippen LogP contribution in [0.25, 0.3) is 0 Å². The van der Waals surface area contributed by atoms with Gasteiger partial charge in [-0.05, 0) is 35.9 Å². The van der Waals surface area contributed by atoms with Crippen LogP contribution in [0, 0.1) is 0 Å². The molecule has 28 heavy (non-hydrogen) atoms. The zero-order valence-corrected chi connectivity index (χ0v) is 16.8. The topological polar surface area (TPSA) is 108 Å². The number of sulfonamides is 1. The van der Waals surface area contributed by atoms with Crippen molar-refractivity contribution in [1.29, 1.82) is 0 Å². The minimum atomic E-state index is -3.79. The van der Waals surface area contributed by atoms with Crippen molar-refractivity contribution in [2.45, 2.75) is 10.9 Å². The lowest BCUT2D eigenvalue weighted by molar-refractivity contribution is 0.0916. The predicted octanol–water partition coefficient (Wildman–Crippen LogP) is 3.06. The van der Waals surface area contributed by atoms with Crippen molar-refractivity contribution in [2.75, 3.05) is 11.3 Å². The average Bonchev–Trinajstić information content (AvgIpc) is 3.19. The van der Waals surface area contributed by atoms with Crippen LogP contribution in [0.1, 0.15) is 22.0 Å². The van der Waals surface area contributed by atoms with Gasteiger partial charge in [-0.25, -0.2) is 13.4 Å². The van der Waals surface area contributed by atoms with Gasteiger partial charge in [0, 0.05) is 22.2 Å². The molecule has 1 unspecified atom stereocenters. The van der Waals surface area contributed by atoms with Gasteiger partial charge in [-0.3, -0.25) is 9.52 Å².